The summed E-state index contributed by atoms with van der Waals surface area (Å²) in [7, 11) is 0. The van der Waals surface area contributed by atoms with Gasteiger partial charge in [0.1, 0.15) is 0 Å². The molecule has 4 amide bonds. The predicted molar refractivity (Wildman–Crippen MR) is 114 cm³/mol. The molecule has 31 heavy (non-hydrogen) atoms. The van der Waals surface area contributed by atoms with Gasteiger partial charge in [0.25, 0.3) is 0 Å². The first-order valence-electron chi connectivity index (χ1n) is 10.5. The van der Waals surface area contributed by atoms with Crippen LogP contribution in [0.4, 0.5) is 0 Å². The molecule has 1 saturated heterocycles. The number of carbonyl (C=O) groups excluding carboxylic acids is 4. The van der Waals surface area contributed by atoms with Gasteiger partial charge >= 0.3 is 0 Å². The molecular weight excluding hydrogens is 404 g/mol. The van der Waals surface area contributed by atoms with Crippen molar-refractivity contribution >= 4 is 29.8 Å². The molecule has 10 nitrogen and oxygen atoms in total. The third kappa shape index (κ3) is 9.91. The molecule has 176 valence electrons. The van der Waals surface area contributed by atoms with Gasteiger partial charge in [0, 0.05) is 43.7 Å². The average Bonchev–Trinajstić information content (AvgIpc) is 2.89. The SMILES string of the molecule is CC1CC(=O)N(CCC(=O)NCC(C)(C)COCC(C)(C)CC(=O)NC/C=N/O)C1=O. The van der Waals surface area contributed by atoms with Crippen molar-refractivity contribution in [2.75, 3.05) is 32.8 Å². The lowest BCUT2D eigenvalue weighted by molar-refractivity contribution is -0.139. The maximum atomic E-state index is 12.1. The molecule has 1 atom stereocenters. The average molecular weight is 441 g/mol. The van der Waals surface area contributed by atoms with Crippen molar-refractivity contribution in [3.05, 3.63) is 0 Å². The number of carbonyl (C=O) groups is 4. The van der Waals surface area contributed by atoms with Crippen LogP contribution in [0, 0.1) is 16.7 Å². The van der Waals surface area contributed by atoms with Gasteiger partial charge in [0.05, 0.1) is 26.0 Å². The van der Waals surface area contributed by atoms with Gasteiger partial charge < -0.3 is 20.6 Å². The van der Waals surface area contributed by atoms with Crippen molar-refractivity contribution < 1.29 is 29.1 Å². The number of imide groups is 1. The molecule has 0 spiro atoms. The molecule has 1 aliphatic heterocycles. The molecule has 0 saturated carbocycles. The van der Waals surface area contributed by atoms with E-state index >= 15 is 0 Å². The molecule has 0 radical (unpaired) electrons. The molecule has 1 fully saturated rings. The van der Waals surface area contributed by atoms with Crippen LogP contribution in [-0.2, 0) is 23.9 Å². The van der Waals surface area contributed by atoms with Crippen molar-refractivity contribution in [2.45, 2.75) is 53.9 Å². The van der Waals surface area contributed by atoms with Gasteiger partial charge in [-0.3, -0.25) is 24.1 Å². The van der Waals surface area contributed by atoms with Gasteiger partial charge in [0.15, 0.2) is 0 Å². The van der Waals surface area contributed by atoms with Crippen LogP contribution in [0.3, 0.4) is 0 Å². The first-order chi connectivity index (χ1) is 14.4. The predicted octanol–water partition coefficient (Wildman–Crippen LogP) is 0.923. The maximum absolute atomic E-state index is 12.1. The Labute approximate surface area is 183 Å². The van der Waals surface area contributed by atoms with Crippen LogP contribution in [0.25, 0.3) is 0 Å². The van der Waals surface area contributed by atoms with Crippen LogP contribution < -0.4 is 10.6 Å². The molecule has 3 N–H and O–H groups in total. The highest BCUT2D eigenvalue weighted by atomic mass is 16.5. The second kappa shape index (κ2) is 11.8. The molecule has 0 bridgehead atoms. The summed E-state index contributed by atoms with van der Waals surface area (Å²) in [5, 5.41) is 16.6. The van der Waals surface area contributed by atoms with Gasteiger partial charge in [-0.25, -0.2) is 0 Å². The zero-order chi connectivity index (χ0) is 23.7. The van der Waals surface area contributed by atoms with E-state index in [-0.39, 0.29) is 72.7 Å². The number of likely N-dealkylation sites (tertiary alicyclic amines) is 1. The third-order valence-corrected chi connectivity index (χ3v) is 4.89. The Morgan fingerprint density at radius 3 is 2.39 bits per heavy atom. The van der Waals surface area contributed by atoms with E-state index in [1.807, 2.05) is 27.7 Å². The number of nitrogens with one attached hydrogen (secondary N) is 2. The van der Waals surface area contributed by atoms with E-state index in [9.17, 15) is 19.2 Å². The molecule has 0 aromatic rings. The van der Waals surface area contributed by atoms with E-state index in [0.717, 1.165) is 4.90 Å². The van der Waals surface area contributed by atoms with E-state index in [2.05, 4.69) is 15.8 Å². The van der Waals surface area contributed by atoms with Crippen LogP contribution in [0.1, 0.15) is 53.9 Å². The Hall–Kier alpha value is -2.49. The Bertz CT molecular complexity index is 689. The second-order valence-corrected chi connectivity index (χ2v) is 9.62. The fourth-order valence-electron chi connectivity index (χ4n) is 3.13. The molecule has 0 aromatic heterocycles. The molecule has 10 heteroatoms. The summed E-state index contributed by atoms with van der Waals surface area (Å²) in [6.45, 7) is 10.9. The number of hydrogen-bond acceptors (Lipinski definition) is 7. The lowest BCUT2D eigenvalue weighted by Crippen LogP contribution is -2.40. The number of hydrogen-bond donors (Lipinski definition) is 3. The van der Waals surface area contributed by atoms with Gasteiger partial charge in [-0.2, -0.15) is 0 Å². The Balaban J connectivity index is 2.31. The normalized spacial score (nSPS) is 17.5. The standard InChI is InChI=1S/C21H36N4O6/c1-15-10-18(28)25(19(15)29)9-6-16(26)23-12-21(4,5)14-31-13-20(2,3)11-17(27)22-7-8-24-30/h8,15,30H,6-7,9-14H2,1-5H3,(H,22,27)(H,23,26)/b24-8+. The molecular formula is C21H36N4O6. The molecule has 0 aliphatic carbocycles. The summed E-state index contributed by atoms with van der Waals surface area (Å²) in [4.78, 5) is 48.8. The van der Waals surface area contributed by atoms with E-state index in [4.69, 9.17) is 9.94 Å². The Morgan fingerprint density at radius 2 is 1.81 bits per heavy atom. The van der Waals surface area contributed by atoms with Crippen molar-refractivity contribution in [3.63, 3.8) is 0 Å². The number of ether oxygens (including phenoxy) is 1. The first kappa shape index (κ1) is 26.5. The van der Waals surface area contributed by atoms with Crippen LogP contribution in [-0.4, -0.2) is 72.8 Å². The molecule has 1 heterocycles. The van der Waals surface area contributed by atoms with Gasteiger partial charge in [-0.1, -0.05) is 34.6 Å². The molecule has 1 unspecified atom stereocenters. The summed E-state index contributed by atoms with van der Waals surface area (Å²) < 4.78 is 5.81. The third-order valence-electron chi connectivity index (χ3n) is 4.89. The molecule has 1 rings (SSSR count). The summed E-state index contributed by atoms with van der Waals surface area (Å²) >= 11 is 0. The quantitative estimate of drug-likeness (QED) is 0.169. The van der Waals surface area contributed by atoms with Crippen LogP contribution in [0.15, 0.2) is 5.16 Å². The largest absolute Gasteiger partial charge is 0.411 e. The minimum absolute atomic E-state index is 0.0737. The van der Waals surface area contributed by atoms with E-state index in [1.165, 1.54) is 6.21 Å². The minimum Gasteiger partial charge on any atom is -0.411 e. The summed E-state index contributed by atoms with van der Waals surface area (Å²) in [6.07, 6.45) is 1.74. The number of rotatable bonds is 13. The highest BCUT2D eigenvalue weighted by Crippen LogP contribution is 2.23. The van der Waals surface area contributed by atoms with Crippen molar-refractivity contribution in [1.82, 2.24) is 15.5 Å². The topological polar surface area (TPSA) is 137 Å². The van der Waals surface area contributed by atoms with Crippen molar-refractivity contribution in [1.29, 1.82) is 0 Å². The van der Waals surface area contributed by atoms with E-state index in [0.29, 0.717) is 19.8 Å². The van der Waals surface area contributed by atoms with Gasteiger partial charge in [-0.05, 0) is 5.41 Å². The van der Waals surface area contributed by atoms with Crippen molar-refractivity contribution in [3.8, 4) is 0 Å². The van der Waals surface area contributed by atoms with Crippen LogP contribution in [0.2, 0.25) is 0 Å². The second-order valence-electron chi connectivity index (χ2n) is 9.62. The smallest absolute Gasteiger partial charge is 0.232 e. The zero-order valence-electron chi connectivity index (χ0n) is 19.2. The fraction of sp³-hybridized carbons (Fsp3) is 0.762. The highest BCUT2D eigenvalue weighted by molar-refractivity contribution is 6.03. The number of nitrogens with zero attached hydrogens (tertiary/aromatic N) is 2. The lowest BCUT2D eigenvalue weighted by atomic mass is 9.89. The lowest BCUT2D eigenvalue weighted by Gasteiger charge is -2.29. The summed E-state index contributed by atoms with van der Waals surface area (Å²) in [5.41, 5.74) is -0.717. The molecule has 1 aliphatic rings. The fourth-order valence-corrected chi connectivity index (χ4v) is 3.13. The Morgan fingerprint density at radius 1 is 1.16 bits per heavy atom. The van der Waals surface area contributed by atoms with Gasteiger partial charge in [0.2, 0.25) is 23.6 Å². The summed E-state index contributed by atoms with van der Waals surface area (Å²) in [5.74, 6) is -1.14. The maximum Gasteiger partial charge on any atom is 0.232 e. The van der Waals surface area contributed by atoms with Crippen molar-refractivity contribution in [2.24, 2.45) is 21.9 Å². The van der Waals surface area contributed by atoms with E-state index < -0.39 is 0 Å². The minimum atomic E-state index is -0.383. The number of amides is 4. The number of oxime groups is 1. The Kier molecular flexibility index (Phi) is 10.1. The monoisotopic (exact) mass is 440 g/mol. The molecule has 0 aromatic carbocycles. The zero-order valence-corrected chi connectivity index (χ0v) is 19.2. The van der Waals surface area contributed by atoms with Crippen LogP contribution in [0.5, 0.6) is 0 Å². The first-order valence-corrected chi connectivity index (χ1v) is 10.5. The van der Waals surface area contributed by atoms with Crippen LogP contribution >= 0.6 is 0 Å². The van der Waals surface area contributed by atoms with Gasteiger partial charge in [-0.15, -0.1) is 5.16 Å². The van der Waals surface area contributed by atoms with E-state index in [1.54, 1.807) is 6.92 Å². The summed E-state index contributed by atoms with van der Waals surface area (Å²) in [6, 6.07) is 0. The highest BCUT2D eigenvalue weighted by Gasteiger charge is 2.35.